The Morgan fingerprint density at radius 1 is 1.53 bits per heavy atom. The number of hydrogen-bond acceptors (Lipinski definition) is 5. The molecule has 0 saturated carbocycles. The van der Waals surface area contributed by atoms with Crippen molar-refractivity contribution >= 4 is 12.0 Å². The average Bonchev–Trinajstić information content (AvgIpc) is 2.73. The van der Waals surface area contributed by atoms with Crippen LogP contribution in [0.4, 0.5) is 4.79 Å². The van der Waals surface area contributed by atoms with Gasteiger partial charge in [0.05, 0.1) is 6.54 Å². The highest BCUT2D eigenvalue weighted by Gasteiger charge is 2.21. The molecule has 0 fully saturated rings. The number of carbonyl (C=O) groups is 2. The lowest BCUT2D eigenvalue weighted by Crippen LogP contribution is -2.46. The molecule has 1 aromatic rings. The molecule has 0 bridgehead atoms. The zero-order valence-corrected chi connectivity index (χ0v) is 10.8. The van der Waals surface area contributed by atoms with Crippen molar-refractivity contribution in [1.29, 1.82) is 0 Å². The van der Waals surface area contributed by atoms with E-state index in [1.54, 1.807) is 6.92 Å². The van der Waals surface area contributed by atoms with E-state index in [9.17, 15) is 9.59 Å². The van der Waals surface area contributed by atoms with Crippen LogP contribution in [0.5, 0.6) is 0 Å². The summed E-state index contributed by atoms with van der Waals surface area (Å²) in [5, 5.41) is 26.4. The maximum atomic E-state index is 11.7. The molecule has 0 unspecified atom stereocenters. The van der Waals surface area contributed by atoms with E-state index < -0.39 is 18.0 Å². The lowest BCUT2D eigenvalue weighted by molar-refractivity contribution is -0.139. The summed E-state index contributed by atoms with van der Waals surface area (Å²) in [4.78, 5) is 27.9. The maximum absolute atomic E-state index is 11.7. The Bertz CT molecular complexity index is 447. The van der Waals surface area contributed by atoms with Crippen LogP contribution in [0.2, 0.25) is 0 Å². The maximum Gasteiger partial charge on any atom is 0.326 e. The highest BCUT2D eigenvalue weighted by molar-refractivity contribution is 5.82. The first-order valence-electron chi connectivity index (χ1n) is 5.67. The van der Waals surface area contributed by atoms with E-state index in [-0.39, 0.29) is 19.6 Å². The predicted molar refractivity (Wildman–Crippen MR) is 64.2 cm³/mol. The lowest BCUT2D eigenvalue weighted by atomic mass is 10.2. The van der Waals surface area contributed by atoms with Crippen molar-refractivity contribution in [2.24, 2.45) is 0 Å². The number of amides is 2. The number of carbonyl (C=O) groups excluding carboxylic acids is 1. The van der Waals surface area contributed by atoms with Gasteiger partial charge in [-0.25, -0.2) is 14.6 Å². The number of H-pyrrole nitrogens is 1. The number of urea groups is 1. The molecule has 1 atom stereocenters. The van der Waals surface area contributed by atoms with Gasteiger partial charge in [-0.2, -0.15) is 5.10 Å². The fourth-order valence-electron chi connectivity index (χ4n) is 1.39. The van der Waals surface area contributed by atoms with Gasteiger partial charge in [0.1, 0.15) is 11.9 Å². The summed E-state index contributed by atoms with van der Waals surface area (Å²) >= 11 is 0. The first kappa shape index (κ1) is 14.9. The van der Waals surface area contributed by atoms with Crippen LogP contribution < -0.4 is 5.32 Å². The summed E-state index contributed by atoms with van der Waals surface area (Å²) < 4.78 is 0. The van der Waals surface area contributed by atoms with Crippen LogP contribution >= 0.6 is 0 Å². The largest absolute Gasteiger partial charge is 0.480 e. The normalized spacial score (nSPS) is 11.9. The van der Waals surface area contributed by atoms with Crippen molar-refractivity contribution < 1.29 is 19.8 Å². The van der Waals surface area contributed by atoms with Crippen molar-refractivity contribution in [3.63, 3.8) is 0 Å². The molecule has 0 aromatic carbocycles. The third kappa shape index (κ3) is 4.54. The molecule has 0 saturated heterocycles. The zero-order chi connectivity index (χ0) is 14.4. The van der Waals surface area contributed by atoms with Crippen molar-refractivity contribution in [3.05, 3.63) is 11.6 Å². The minimum Gasteiger partial charge on any atom is -0.480 e. The minimum absolute atomic E-state index is 0.0469. The van der Waals surface area contributed by atoms with Gasteiger partial charge in [0, 0.05) is 20.1 Å². The van der Waals surface area contributed by atoms with Gasteiger partial charge in [-0.15, -0.1) is 0 Å². The second-order valence-electron chi connectivity index (χ2n) is 4.05. The van der Waals surface area contributed by atoms with Gasteiger partial charge in [0.15, 0.2) is 5.82 Å². The monoisotopic (exact) mass is 271 g/mol. The summed E-state index contributed by atoms with van der Waals surface area (Å²) in [6.45, 7) is 1.57. The number of hydrogen-bond donors (Lipinski definition) is 4. The van der Waals surface area contributed by atoms with Gasteiger partial charge in [-0.05, 0) is 6.92 Å². The number of carboxylic acids is 1. The van der Waals surface area contributed by atoms with Crippen LogP contribution in [0.1, 0.15) is 18.1 Å². The fourth-order valence-corrected chi connectivity index (χ4v) is 1.39. The highest BCUT2D eigenvalue weighted by Crippen LogP contribution is 1.99. The SMILES string of the molecule is Cc1nc(CN(C)C(=O)N[C@H](CCO)C(=O)O)n[nH]1. The van der Waals surface area contributed by atoms with Crippen molar-refractivity contribution in [3.8, 4) is 0 Å². The summed E-state index contributed by atoms with van der Waals surface area (Å²) in [7, 11) is 1.50. The van der Waals surface area contributed by atoms with Crippen molar-refractivity contribution in [2.75, 3.05) is 13.7 Å². The van der Waals surface area contributed by atoms with E-state index in [0.717, 1.165) is 0 Å². The number of aliphatic hydroxyl groups excluding tert-OH is 1. The number of aryl methyl sites for hydroxylation is 1. The molecule has 1 aromatic heterocycles. The molecule has 0 aliphatic carbocycles. The van der Waals surface area contributed by atoms with Gasteiger partial charge in [0.2, 0.25) is 0 Å². The van der Waals surface area contributed by atoms with Crippen LogP contribution in [0.3, 0.4) is 0 Å². The Kier molecular flexibility index (Phi) is 5.24. The lowest BCUT2D eigenvalue weighted by Gasteiger charge is -2.19. The Morgan fingerprint density at radius 3 is 2.68 bits per heavy atom. The number of rotatable bonds is 6. The summed E-state index contributed by atoms with van der Waals surface area (Å²) in [6.07, 6.45) is -0.0469. The number of carboxylic acid groups (broad SMARTS) is 1. The molecule has 2 amide bonds. The number of nitrogens with zero attached hydrogens (tertiary/aromatic N) is 3. The van der Waals surface area contributed by atoms with E-state index in [1.165, 1.54) is 11.9 Å². The summed E-state index contributed by atoms with van der Waals surface area (Å²) in [5.41, 5.74) is 0. The number of aliphatic carboxylic acids is 1. The third-order valence-corrected chi connectivity index (χ3v) is 2.38. The third-order valence-electron chi connectivity index (χ3n) is 2.38. The van der Waals surface area contributed by atoms with Gasteiger partial charge >= 0.3 is 12.0 Å². The van der Waals surface area contributed by atoms with Crippen molar-refractivity contribution in [1.82, 2.24) is 25.4 Å². The highest BCUT2D eigenvalue weighted by atomic mass is 16.4. The molecule has 1 heterocycles. The zero-order valence-electron chi connectivity index (χ0n) is 10.8. The Labute approximate surface area is 109 Å². The topological polar surface area (TPSA) is 131 Å². The van der Waals surface area contributed by atoms with Crippen LogP contribution in [0, 0.1) is 6.92 Å². The number of aromatic amines is 1. The minimum atomic E-state index is -1.19. The first-order chi connectivity index (χ1) is 8.93. The fraction of sp³-hybridized carbons (Fsp3) is 0.600. The summed E-state index contributed by atoms with van der Waals surface area (Å²) in [5.74, 6) is -0.124. The Hall–Kier alpha value is -2.16. The van der Waals surface area contributed by atoms with Gasteiger partial charge in [-0.1, -0.05) is 0 Å². The molecule has 9 nitrogen and oxygen atoms in total. The van der Waals surface area contributed by atoms with E-state index in [2.05, 4.69) is 20.5 Å². The van der Waals surface area contributed by atoms with E-state index in [0.29, 0.717) is 11.6 Å². The second-order valence-corrected chi connectivity index (χ2v) is 4.05. The van der Waals surface area contributed by atoms with E-state index in [4.69, 9.17) is 10.2 Å². The molecule has 0 radical (unpaired) electrons. The summed E-state index contributed by atoms with van der Waals surface area (Å²) in [6, 6.07) is -1.68. The number of aliphatic hydroxyl groups is 1. The molecule has 19 heavy (non-hydrogen) atoms. The van der Waals surface area contributed by atoms with Crippen molar-refractivity contribution in [2.45, 2.75) is 25.9 Å². The Morgan fingerprint density at radius 2 is 2.21 bits per heavy atom. The average molecular weight is 271 g/mol. The molecule has 1 rings (SSSR count). The standard InChI is InChI=1S/C10H17N5O4/c1-6-11-8(14-13-6)5-15(2)10(19)12-7(3-4-16)9(17)18/h7,16H,3-5H2,1-2H3,(H,12,19)(H,17,18)(H,11,13,14)/t7-/m1/s1. The molecule has 9 heteroatoms. The molecule has 0 spiro atoms. The number of nitrogens with one attached hydrogen (secondary N) is 2. The van der Waals surface area contributed by atoms with Gasteiger partial charge < -0.3 is 20.4 Å². The molecule has 0 aliphatic rings. The van der Waals surface area contributed by atoms with Gasteiger partial charge in [-0.3, -0.25) is 5.10 Å². The quantitative estimate of drug-likeness (QED) is 0.529. The smallest absolute Gasteiger partial charge is 0.326 e. The van der Waals surface area contributed by atoms with E-state index in [1.807, 2.05) is 0 Å². The van der Waals surface area contributed by atoms with E-state index >= 15 is 0 Å². The molecular weight excluding hydrogens is 254 g/mol. The second kappa shape index (κ2) is 6.69. The Balaban J connectivity index is 2.54. The van der Waals surface area contributed by atoms with Gasteiger partial charge in [0.25, 0.3) is 0 Å². The first-order valence-corrected chi connectivity index (χ1v) is 5.67. The predicted octanol–water partition coefficient (Wildman–Crippen LogP) is -0.910. The molecule has 106 valence electrons. The van der Waals surface area contributed by atoms with Crippen LogP contribution in [0.25, 0.3) is 0 Å². The number of aromatic nitrogens is 3. The molecule has 0 aliphatic heterocycles. The van der Waals surface area contributed by atoms with Crippen LogP contribution in [-0.4, -0.2) is 62.0 Å². The van der Waals surface area contributed by atoms with Crippen LogP contribution in [-0.2, 0) is 11.3 Å². The van der Waals surface area contributed by atoms with Crippen LogP contribution in [0.15, 0.2) is 0 Å². The molecule has 4 N–H and O–H groups in total. The molecular formula is C10H17N5O4.